The van der Waals surface area contributed by atoms with Crippen LogP contribution in [0.3, 0.4) is 0 Å². The Kier molecular flexibility index (Phi) is 9.04. The van der Waals surface area contributed by atoms with Crippen LogP contribution in [-0.2, 0) is 14.4 Å². The van der Waals surface area contributed by atoms with Crippen molar-refractivity contribution in [2.75, 3.05) is 30.5 Å². The number of anilines is 2. The lowest BCUT2D eigenvalue weighted by molar-refractivity contribution is -0.122. The van der Waals surface area contributed by atoms with Gasteiger partial charge < -0.3 is 19.5 Å². The van der Waals surface area contributed by atoms with Crippen LogP contribution in [0.5, 0.6) is 17.2 Å². The monoisotopic (exact) mass is 655 g/mol. The van der Waals surface area contributed by atoms with Gasteiger partial charge in [-0.1, -0.05) is 17.7 Å². The number of benzene rings is 3. The summed E-state index contributed by atoms with van der Waals surface area (Å²) in [5, 5.41) is 4.98. The lowest BCUT2D eigenvalue weighted by Gasteiger charge is -2.26. The molecule has 206 valence electrons. The quantitative estimate of drug-likeness (QED) is 0.195. The predicted molar refractivity (Wildman–Crippen MR) is 158 cm³/mol. The van der Waals surface area contributed by atoms with Crippen molar-refractivity contribution in [3.05, 3.63) is 80.9 Å². The van der Waals surface area contributed by atoms with Gasteiger partial charge in [0.2, 0.25) is 0 Å². The second-order valence-corrected chi connectivity index (χ2v) is 9.78. The van der Waals surface area contributed by atoms with E-state index in [0.717, 1.165) is 10.5 Å². The predicted octanol–water partition coefficient (Wildman–Crippen LogP) is 4.69. The van der Waals surface area contributed by atoms with Gasteiger partial charge in [0, 0.05) is 5.69 Å². The lowest BCUT2D eigenvalue weighted by atomic mass is 10.1. The fourth-order valence-corrected chi connectivity index (χ4v) is 4.62. The average molecular weight is 655 g/mol. The molecule has 0 atom stereocenters. The fourth-order valence-electron chi connectivity index (χ4n) is 3.84. The maximum atomic E-state index is 13.3. The van der Waals surface area contributed by atoms with E-state index in [9.17, 15) is 19.2 Å². The number of hydrogen-bond acceptors (Lipinski definition) is 7. The van der Waals surface area contributed by atoms with Crippen molar-refractivity contribution in [3.63, 3.8) is 0 Å². The Balaban J connectivity index is 1.57. The lowest BCUT2D eigenvalue weighted by Crippen LogP contribution is -2.54. The smallest absolute Gasteiger partial charge is 0.335 e. The van der Waals surface area contributed by atoms with Gasteiger partial charge in [-0.2, -0.15) is 0 Å². The van der Waals surface area contributed by atoms with Crippen molar-refractivity contribution in [2.45, 2.75) is 13.8 Å². The second-order valence-electron chi connectivity index (χ2n) is 8.62. The number of imide groups is 2. The molecule has 1 saturated heterocycles. The maximum Gasteiger partial charge on any atom is 0.335 e. The van der Waals surface area contributed by atoms with Gasteiger partial charge in [-0.15, -0.1) is 0 Å². The standard InChI is InChI=1S/C29H26IN3O7/c1-4-39-24-15-18(14-23(30)26(24)40-16-25(34)31-19-7-5-17(2)6-8-19)13-22-27(35)32-29(37)33(28(22)36)20-9-11-21(38-3)12-10-20/h5-15H,4,16H2,1-3H3,(H,31,34)(H,32,35,37)/b22-13+. The Hall–Kier alpha value is -4.39. The first-order chi connectivity index (χ1) is 19.2. The van der Waals surface area contributed by atoms with E-state index >= 15 is 0 Å². The molecule has 3 aromatic carbocycles. The Morgan fingerprint density at radius 3 is 2.38 bits per heavy atom. The summed E-state index contributed by atoms with van der Waals surface area (Å²) in [5.74, 6) is -0.718. The largest absolute Gasteiger partial charge is 0.497 e. The van der Waals surface area contributed by atoms with Crippen molar-refractivity contribution in [1.82, 2.24) is 5.32 Å². The molecule has 40 heavy (non-hydrogen) atoms. The molecule has 3 aromatic rings. The van der Waals surface area contributed by atoms with Gasteiger partial charge in [-0.05, 0) is 96.6 Å². The molecule has 0 saturated carbocycles. The third-order valence-corrected chi connectivity index (χ3v) is 6.56. The van der Waals surface area contributed by atoms with E-state index in [0.29, 0.717) is 38.7 Å². The number of nitrogens with zero attached hydrogens (tertiary/aromatic N) is 1. The molecule has 0 unspecified atom stereocenters. The zero-order chi connectivity index (χ0) is 28.8. The Morgan fingerprint density at radius 1 is 1.02 bits per heavy atom. The average Bonchev–Trinajstić information content (AvgIpc) is 2.92. The molecule has 4 rings (SSSR count). The first-order valence-corrected chi connectivity index (χ1v) is 13.3. The molecule has 1 heterocycles. The number of urea groups is 1. The van der Waals surface area contributed by atoms with Gasteiger partial charge >= 0.3 is 6.03 Å². The van der Waals surface area contributed by atoms with Gasteiger partial charge in [-0.25, -0.2) is 9.69 Å². The van der Waals surface area contributed by atoms with Crippen LogP contribution in [0.1, 0.15) is 18.1 Å². The number of barbiturate groups is 1. The number of rotatable bonds is 9. The molecule has 0 spiro atoms. The molecular formula is C29H26IN3O7. The van der Waals surface area contributed by atoms with Crippen LogP contribution in [0.15, 0.2) is 66.2 Å². The Labute approximate surface area is 244 Å². The highest BCUT2D eigenvalue weighted by atomic mass is 127. The summed E-state index contributed by atoms with van der Waals surface area (Å²) in [5.41, 5.74) is 2.23. The number of aryl methyl sites for hydroxylation is 1. The number of carbonyl (C=O) groups excluding carboxylic acids is 4. The first-order valence-electron chi connectivity index (χ1n) is 12.2. The van der Waals surface area contributed by atoms with Crippen molar-refractivity contribution in [2.24, 2.45) is 0 Å². The van der Waals surface area contributed by atoms with Gasteiger partial charge in [0.1, 0.15) is 11.3 Å². The zero-order valence-corrected chi connectivity index (χ0v) is 24.1. The SMILES string of the molecule is CCOc1cc(/C=C2\C(=O)NC(=O)N(c3ccc(OC)cc3)C2=O)cc(I)c1OCC(=O)Nc1ccc(C)cc1. The first kappa shape index (κ1) is 28.6. The minimum absolute atomic E-state index is 0.236. The van der Waals surface area contributed by atoms with Crippen molar-refractivity contribution in [1.29, 1.82) is 0 Å². The normalized spacial score (nSPS) is 14.2. The van der Waals surface area contributed by atoms with Crippen LogP contribution in [0.25, 0.3) is 6.08 Å². The van der Waals surface area contributed by atoms with E-state index in [2.05, 4.69) is 10.6 Å². The number of hydrogen-bond donors (Lipinski definition) is 2. The van der Waals surface area contributed by atoms with Gasteiger partial charge in [-0.3, -0.25) is 19.7 Å². The summed E-state index contributed by atoms with van der Waals surface area (Å²) in [6, 6.07) is 16.1. The van der Waals surface area contributed by atoms with Crippen LogP contribution in [-0.4, -0.2) is 44.1 Å². The van der Waals surface area contributed by atoms with Crippen molar-refractivity contribution >= 4 is 63.8 Å². The molecule has 1 aliphatic heterocycles. The molecule has 0 bridgehead atoms. The van der Waals surface area contributed by atoms with Crippen LogP contribution in [0.4, 0.5) is 16.2 Å². The number of amides is 5. The Morgan fingerprint density at radius 2 is 1.73 bits per heavy atom. The minimum Gasteiger partial charge on any atom is -0.497 e. The molecule has 0 aromatic heterocycles. The number of carbonyl (C=O) groups is 4. The van der Waals surface area contributed by atoms with E-state index in [4.69, 9.17) is 14.2 Å². The summed E-state index contributed by atoms with van der Waals surface area (Å²) in [6.45, 7) is 3.80. The molecule has 0 radical (unpaired) electrons. The van der Waals surface area contributed by atoms with Crippen molar-refractivity contribution in [3.8, 4) is 17.2 Å². The second kappa shape index (κ2) is 12.6. The third kappa shape index (κ3) is 6.60. The third-order valence-electron chi connectivity index (χ3n) is 5.76. The minimum atomic E-state index is -0.852. The van der Waals surface area contributed by atoms with Crippen LogP contribution < -0.4 is 29.7 Å². The van der Waals surface area contributed by atoms with E-state index < -0.39 is 17.8 Å². The van der Waals surface area contributed by atoms with Gasteiger partial charge in [0.25, 0.3) is 17.7 Å². The van der Waals surface area contributed by atoms with Gasteiger partial charge in [0.15, 0.2) is 18.1 Å². The number of halogens is 1. The topological polar surface area (TPSA) is 123 Å². The van der Waals surface area contributed by atoms with Crippen LogP contribution >= 0.6 is 22.6 Å². The van der Waals surface area contributed by atoms with Crippen LogP contribution in [0.2, 0.25) is 0 Å². The summed E-state index contributed by atoms with van der Waals surface area (Å²) in [7, 11) is 1.50. The number of ether oxygens (including phenoxy) is 3. The van der Waals surface area contributed by atoms with E-state index in [1.807, 2.05) is 41.6 Å². The molecule has 10 nitrogen and oxygen atoms in total. The molecular weight excluding hydrogens is 629 g/mol. The van der Waals surface area contributed by atoms with E-state index in [1.54, 1.807) is 55.5 Å². The Bertz CT molecular complexity index is 1480. The highest BCUT2D eigenvalue weighted by Crippen LogP contribution is 2.35. The summed E-state index contributed by atoms with van der Waals surface area (Å²) in [6.07, 6.45) is 1.37. The molecule has 5 amide bonds. The number of nitrogens with one attached hydrogen (secondary N) is 2. The highest BCUT2D eigenvalue weighted by Gasteiger charge is 2.37. The summed E-state index contributed by atoms with van der Waals surface area (Å²) in [4.78, 5) is 51.7. The van der Waals surface area contributed by atoms with Gasteiger partial charge in [0.05, 0.1) is 23.0 Å². The summed E-state index contributed by atoms with van der Waals surface area (Å²) < 4.78 is 17.3. The molecule has 2 N–H and O–H groups in total. The van der Waals surface area contributed by atoms with Crippen molar-refractivity contribution < 1.29 is 33.4 Å². The summed E-state index contributed by atoms with van der Waals surface area (Å²) >= 11 is 2.03. The zero-order valence-electron chi connectivity index (χ0n) is 21.9. The highest BCUT2D eigenvalue weighted by molar-refractivity contribution is 14.1. The molecule has 1 fully saturated rings. The maximum absolute atomic E-state index is 13.3. The van der Waals surface area contributed by atoms with Crippen LogP contribution in [0, 0.1) is 10.5 Å². The van der Waals surface area contributed by atoms with E-state index in [1.165, 1.54) is 13.2 Å². The fraction of sp³-hybridized carbons (Fsp3) is 0.172. The molecule has 1 aliphatic rings. The number of methoxy groups -OCH3 is 1. The molecule has 11 heteroatoms. The molecule has 0 aliphatic carbocycles. The van der Waals surface area contributed by atoms with E-state index in [-0.39, 0.29) is 23.8 Å².